The number of halogens is 2. The fraction of sp³-hybridized carbons (Fsp3) is 0.333. The highest BCUT2D eigenvalue weighted by atomic mass is 127. The summed E-state index contributed by atoms with van der Waals surface area (Å²) in [5.74, 6) is -1.21. The molecule has 0 unspecified atom stereocenters. The number of nitrogens with one attached hydrogen (secondary N) is 1. The molecule has 1 rings (SSSR count). The number of hydrogen-bond donors (Lipinski definition) is 2. The van der Waals surface area contributed by atoms with Crippen LogP contribution in [0.15, 0.2) is 22.7 Å². The van der Waals surface area contributed by atoms with Gasteiger partial charge in [-0.3, -0.25) is 9.59 Å². The predicted molar refractivity (Wildman–Crippen MR) is 80.6 cm³/mol. The molecule has 0 spiro atoms. The second-order valence-electron chi connectivity index (χ2n) is 4.50. The van der Waals surface area contributed by atoms with Crippen LogP contribution in [0.3, 0.4) is 0 Å². The summed E-state index contributed by atoms with van der Waals surface area (Å²) >= 11 is 5.37. The second kappa shape index (κ2) is 6.01. The Bertz CT molecular complexity index is 488. The van der Waals surface area contributed by atoms with E-state index >= 15 is 0 Å². The standard InChI is InChI=1S/C12H13BrINO3/c1-12(2,11(17)18)6-15-10(16)8-5-7(13)3-4-9(8)14/h3-5H,6H2,1-2H3,(H,15,16)(H,17,18). The van der Waals surface area contributed by atoms with Crippen LogP contribution in [0.1, 0.15) is 24.2 Å². The molecule has 0 saturated carbocycles. The van der Waals surface area contributed by atoms with Gasteiger partial charge in [-0.15, -0.1) is 0 Å². The van der Waals surface area contributed by atoms with E-state index in [4.69, 9.17) is 5.11 Å². The molecule has 1 aromatic rings. The average Bonchev–Trinajstić information content (AvgIpc) is 2.29. The van der Waals surface area contributed by atoms with E-state index in [1.807, 2.05) is 12.1 Å². The quantitative estimate of drug-likeness (QED) is 0.729. The van der Waals surface area contributed by atoms with Gasteiger partial charge in [0.15, 0.2) is 0 Å². The minimum atomic E-state index is -0.979. The van der Waals surface area contributed by atoms with Gasteiger partial charge in [0.05, 0.1) is 11.0 Å². The van der Waals surface area contributed by atoms with Crippen LogP contribution in [0.25, 0.3) is 0 Å². The molecule has 98 valence electrons. The Balaban J connectivity index is 2.78. The van der Waals surface area contributed by atoms with E-state index < -0.39 is 11.4 Å². The predicted octanol–water partition coefficient (Wildman–Crippen LogP) is 2.89. The molecular weight excluding hydrogens is 413 g/mol. The maximum atomic E-state index is 12.0. The lowest BCUT2D eigenvalue weighted by Crippen LogP contribution is -2.39. The molecule has 0 heterocycles. The van der Waals surface area contributed by atoms with Crippen molar-refractivity contribution in [2.24, 2.45) is 5.41 Å². The zero-order chi connectivity index (χ0) is 13.9. The first-order valence-corrected chi connectivity index (χ1v) is 7.08. The zero-order valence-corrected chi connectivity index (χ0v) is 13.7. The molecule has 0 bridgehead atoms. The Labute approximate surface area is 127 Å². The van der Waals surface area contributed by atoms with Crippen molar-refractivity contribution in [3.8, 4) is 0 Å². The highest BCUT2D eigenvalue weighted by molar-refractivity contribution is 14.1. The topological polar surface area (TPSA) is 66.4 Å². The number of hydrogen-bond acceptors (Lipinski definition) is 2. The minimum absolute atomic E-state index is 0.0871. The molecule has 0 fully saturated rings. The summed E-state index contributed by atoms with van der Waals surface area (Å²) in [4.78, 5) is 22.9. The first kappa shape index (κ1) is 15.4. The first-order chi connectivity index (χ1) is 8.24. The molecular formula is C12H13BrINO3. The van der Waals surface area contributed by atoms with E-state index in [1.165, 1.54) is 0 Å². The van der Waals surface area contributed by atoms with E-state index in [0.29, 0.717) is 5.56 Å². The molecule has 0 atom stereocenters. The third-order valence-corrected chi connectivity index (χ3v) is 3.88. The Morgan fingerprint density at radius 1 is 1.44 bits per heavy atom. The summed E-state index contributed by atoms with van der Waals surface area (Å²) in [6, 6.07) is 5.38. The molecule has 4 nitrogen and oxygen atoms in total. The molecule has 2 N–H and O–H groups in total. The number of amides is 1. The van der Waals surface area contributed by atoms with Crippen molar-refractivity contribution < 1.29 is 14.7 Å². The third kappa shape index (κ3) is 3.94. The zero-order valence-electron chi connectivity index (χ0n) is 9.96. The molecule has 0 aliphatic heterocycles. The minimum Gasteiger partial charge on any atom is -0.481 e. The second-order valence-corrected chi connectivity index (χ2v) is 6.57. The van der Waals surface area contributed by atoms with Crippen LogP contribution < -0.4 is 5.32 Å². The van der Waals surface area contributed by atoms with Crippen LogP contribution in [0.4, 0.5) is 0 Å². The number of carbonyl (C=O) groups excluding carboxylic acids is 1. The van der Waals surface area contributed by atoms with Crippen molar-refractivity contribution in [3.05, 3.63) is 31.8 Å². The molecule has 0 radical (unpaired) electrons. The fourth-order valence-electron chi connectivity index (χ4n) is 1.14. The summed E-state index contributed by atoms with van der Waals surface area (Å²) in [7, 11) is 0. The number of carbonyl (C=O) groups is 2. The Kier molecular flexibility index (Phi) is 5.15. The number of rotatable bonds is 4. The van der Waals surface area contributed by atoms with Gasteiger partial charge in [0.2, 0.25) is 0 Å². The van der Waals surface area contributed by atoms with Crippen LogP contribution in [-0.4, -0.2) is 23.5 Å². The van der Waals surface area contributed by atoms with Gasteiger partial charge in [0.1, 0.15) is 0 Å². The van der Waals surface area contributed by atoms with Crippen molar-refractivity contribution in [3.63, 3.8) is 0 Å². The Morgan fingerprint density at radius 2 is 2.06 bits per heavy atom. The van der Waals surface area contributed by atoms with Crippen LogP contribution in [0, 0.1) is 8.99 Å². The van der Waals surface area contributed by atoms with Crippen LogP contribution >= 0.6 is 38.5 Å². The summed E-state index contributed by atoms with van der Waals surface area (Å²) in [5.41, 5.74) is -0.446. The van der Waals surface area contributed by atoms with Gasteiger partial charge in [-0.1, -0.05) is 15.9 Å². The maximum Gasteiger partial charge on any atom is 0.310 e. The number of carboxylic acids is 1. The lowest BCUT2D eigenvalue weighted by atomic mass is 9.94. The van der Waals surface area contributed by atoms with Gasteiger partial charge in [-0.25, -0.2) is 0 Å². The summed E-state index contributed by atoms with van der Waals surface area (Å²) < 4.78 is 1.63. The van der Waals surface area contributed by atoms with Crippen molar-refractivity contribution >= 4 is 50.4 Å². The summed E-state index contributed by atoms with van der Waals surface area (Å²) in [6.45, 7) is 3.23. The van der Waals surface area contributed by atoms with Crippen LogP contribution in [-0.2, 0) is 4.79 Å². The van der Waals surface area contributed by atoms with Crippen molar-refractivity contribution in [1.29, 1.82) is 0 Å². The lowest BCUT2D eigenvalue weighted by Gasteiger charge is -2.19. The van der Waals surface area contributed by atoms with Crippen molar-refractivity contribution in [2.75, 3.05) is 6.54 Å². The van der Waals surface area contributed by atoms with E-state index in [-0.39, 0.29) is 12.5 Å². The van der Waals surface area contributed by atoms with Crippen LogP contribution in [0.5, 0.6) is 0 Å². The van der Waals surface area contributed by atoms with Gasteiger partial charge >= 0.3 is 5.97 Å². The molecule has 0 aromatic heterocycles. The number of carboxylic acid groups (broad SMARTS) is 1. The number of aliphatic carboxylic acids is 1. The molecule has 1 aromatic carbocycles. The fourth-order valence-corrected chi connectivity index (χ4v) is 2.09. The molecule has 6 heteroatoms. The lowest BCUT2D eigenvalue weighted by molar-refractivity contribution is -0.146. The smallest absolute Gasteiger partial charge is 0.310 e. The average molecular weight is 426 g/mol. The maximum absolute atomic E-state index is 12.0. The molecule has 1 amide bonds. The summed E-state index contributed by atoms with van der Waals surface area (Å²) in [6.07, 6.45) is 0. The van der Waals surface area contributed by atoms with Gasteiger partial charge in [0, 0.05) is 14.6 Å². The highest BCUT2D eigenvalue weighted by Gasteiger charge is 2.27. The van der Waals surface area contributed by atoms with Gasteiger partial charge in [-0.2, -0.15) is 0 Å². The third-order valence-electron chi connectivity index (χ3n) is 2.44. The normalized spacial score (nSPS) is 11.1. The van der Waals surface area contributed by atoms with Gasteiger partial charge in [0.25, 0.3) is 5.91 Å². The Morgan fingerprint density at radius 3 is 2.61 bits per heavy atom. The SMILES string of the molecule is CC(C)(CNC(=O)c1cc(Br)ccc1I)C(=O)O. The summed E-state index contributed by atoms with van der Waals surface area (Å²) in [5, 5.41) is 11.6. The molecule has 18 heavy (non-hydrogen) atoms. The van der Waals surface area contributed by atoms with E-state index in [0.717, 1.165) is 8.04 Å². The van der Waals surface area contributed by atoms with Gasteiger partial charge < -0.3 is 10.4 Å². The monoisotopic (exact) mass is 425 g/mol. The van der Waals surface area contributed by atoms with Gasteiger partial charge in [-0.05, 0) is 54.6 Å². The highest BCUT2D eigenvalue weighted by Crippen LogP contribution is 2.19. The van der Waals surface area contributed by atoms with Crippen LogP contribution in [0.2, 0.25) is 0 Å². The molecule has 0 aliphatic carbocycles. The van der Waals surface area contributed by atoms with Crippen molar-refractivity contribution in [1.82, 2.24) is 5.32 Å². The first-order valence-electron chi connectivity index (χ1n) is 5.20. The van der Waals surface area contributed by atoms with E-state index in [2.05, 4.69) is 43.8 Å². The largest absolute Gasteiger partial charge is 0.481 e. The Hall–Kier alpha value is -0.630. The molecule has 0 saturated heterocycles. The van der Waals surface area contributed by atoms with E-state index in [1.54, 1.807) is 19.9 Å². The molecule has 0 aliphatic rings. The number of benzene rings is 1. The van der Waals surface area contributed by atoms with E-state index in [9.17, 15) is 9.59 Å². The van der Waals surface area contributed by atoms with Crippen molar-refractivity contribution in [2.45, 2.75) is 13.8 Å².